The topological polar surface area (TPSA) is 93.6 Å². The number of hydrogen-bond acceptors (Lipinski definition) is 8. The Balaban J connectivity index is 1.65. The summed E-state index contributed by atoms with van der Waals surface area (Å²) in [6, 6.07) is 6.73. The quantitative estimate of drug-likeness (QED) is 0.434. The summed E-state index contributed by atoms with van der Waals surface area (Å²) < 4.78 is 29.0. The van der Waals surface area contributed by atoms with Gasteiger partial charge in [-0.15, -0.1) is 23.1 Å². The van der Waals surface area contributed by atoms with E-state index >= 15 is 0 Å². The molecule has 162 valence electrons. The van der Waals surface area contributed by atoms with E-state index in [4.69, 9.17) is 4.74 Å². The van der Waals surface area contributed by atoms with E-state index in [1.807, 2.05) is 17.5 Å². The lowest BCUT2D eigenvalue weighted by atomic mass is 10.2. The number of nitrogens with zero attached hydrogens (tertiary/aromatic N) is 2. The number of benzene rings is 1. The minimum atomic E-state index is -3.12. The molecule has 1 saturated heterocycles. The standard InChI is InChI=1S/C20H24N2O5S3/c1-3-22(16-8-9-30(25,26)12-16)19(23)14(2)27-20(24)17-6-4-5-7-18(17)29-11-15-10-28-13-21-15/h4-7,10,13-14,16H,3,8-9,11-12H2,1-2H3/t14-,16+/m1/s1. The molecule has 2 atom stereocenters. The van der Waals surface area contributed by atoms with Crippen LogP contribution in [0.5, 0.6) is 0 Å². The normalized spacial score (nSPS) is 18.7. The van der Waals surface area contributed by atoms with Crippen molar-refractivity contribution < 1.29 is 22.7 Å². The highest BCUT2D eigenvalue weighted by Crippen LogP contribution is 2.27. The molecule has 1 fully saturated rings. The van der Waals surface area contributed by atoms with Crippen LogP contribution >= 0.6 is 23.1 Å². The van der Waals surface area contributed by atoms with Gasteiger partial charge in [0.2, 0.25) is 0 Å². The Morgan fingerprint density at radius 3 is 2.77 bits per heavy atom. The van der Waals surface area contributed by atoms with Crippen molar-refractivity contribution >= 4 is 44.8 Å². The van der Waals surface area contributed by atoms with E-state index in [-0.39, 0.29) is 23.5 Å². The van der Waals surface area contributed by atoms with Crippen molar-refractivity contribution in [1.29, 1.82) is 0 Å². The molecule has 3 rings (SSSR count). The second kappa shape index (κ2) is 9.93. The molecule has 0 radical (unpaired) electrons. The average Bonchev–Trinajstić information content (AvgIpc) is 3.36. The third-order valence-corrected chi connectivity index (χ3v) is 8.36. The number of likely N-dealkylation sites (N-methyl/N-ethyl adjacent to an activating group) is 1. The number of amides is 1. The lowest BCUT2D eigenvalue weighted by molar-refractivity contribution is -0.141. The smallest absolute Gasteiger partial charge is 0.340 e. The summed E-state index contributed by atoms with van der Waals surface area (Å²) in [5.41, 5.74) is 3.09. The van der Waals surface area contributed by atoms with Gasteiger partial charge in [-0.05, 0) is 32.4 Å². The first-order chi connectivity index (χ1) is 14.3. The molecule has 7 nitrogen and oxygen atoms in total. The van der Waals surface area contributed by atoms with Crippen molar-refractivity contribution in [2.75, 3.05) is 18.1 Å². The van der Waals surface area contributed by atoms with E-state index < -0.39 is 21.9 Å². The fourth-order valence-electron chi connectivity index (χ4n) is 3.34. The number of thiazole rings is 1. The van der Waals surface area contributed by atoms with Crippen molar-refractivity contribution in [3.8, 4) is 0 Å². The molecule has 30 heavy (non-hydrogen) atoms. The Morgan fingerprint density at radius 2 is 2.13 bits per heavy atom. The second-order valence-corrected chi connectivity index (χ2v) is 11.0. The van der Waals surface area contributed by atoms with Crippen LogP contribution in [0.2, 0.25) is 0 Å². The largest absolute Gasteiger partial charge is 0.449 e. The summed E-state index contributed by atoms with van der Waals surface area (Å²) in [7, 11) is -3.12. The van der Waals surface area contributed by atoms with Gasteiger partial charge in [-0.1, -0.05) is 12.1 Å². The molecular weight excluding hydrogens is 444 g/mol. The molecule has 1 aliphatic heterocycles. The van der Waals surface area contributed by atoms with Gasteiger partial charge in [-0.2, -0.15) is 0 Å². The molecule has 10 heteroatoms. The van der Waals surface area contributed by atoms with Crippen LogP contribution in [-0.4, -0.2) is 60.4 Å². The Hall–Kier alpha value is -1.91. The van der Waals surface area contributed by atoms with Gasteiger partial charge in [0, 0.05) is 28.6 Å². The minimum absolute atomic E-state index is 0.0384. The predicted octanol–water partition coefficient (Wildman–Crippen LogP) is 3.02. The third kappa shape index (κ3) is 5.61. The Morgan fingerprint density at radius 1 is 1.37 bits per heavy atom. The predicted molar refractivity (Wildman–Crippen MR) is 117 cm³/mol. The second-order valence-electron chi connectivity index (χ2n) is 6.99. The molecule has 1 aromatic carbocycles. The van der Waals surface area contributed by atoms with Gasteiger partial charge in [-0.25, -0.2) is 18.2 Å². The Labute approximate surface area is 184 Å². The van der Waals surface area contributed by atoms with Gasteiger partial charge in [0.05, 0.1) is 28.3 Å². The SMILES string of the molecule is CCN(C(=O)[C@@H](C)OC(=O)c1ccccc1SCc1cscn1)[C@H]1CCS(=O)(=O)C1. The van der Waals surface area contributed by atoms with E-state index in [1.165, 1.54) is 34.9 Å². The van der Waals surface area contributed by atoms with Crippen molar-refractivity contribution in [2.24, 2.45) is 0 Å². The van der Waals surface area contributed by atoms with Crippen molar-refractivity contribution in [3.63, 3.8) is 0 Å². The highest BCUT2D eigenvalue weighted by atomic mass is 32.2. The van der Waals surface area contributed by atoms with Gasteiger partial charge in [0.1, 0.15) is 0 Å². The molecule has 0 N–H and O–H groups in total. The zero-order valence-corrected chi connectivity index (χ0v) is 19.3. The molecule has 1 aliphatic rings. The minimum Gasteiger partial charge on any atom is -0.449 e. The fraction of sp³-hybridized carbons (Fsp3) is 0.450. The highest BCUT2D eigenvalue weighted by Gasteiger charge is 2.36. The van der Waals surface area contributed by atoms with Crippen LogP contribution in [0.1, 0.15) is 36.3 Å². The summed E-state index contributed by atoms with van der Waals surface area (Å²) in [5.74, 6) is -0.280. The molecule has 0 spiro atoms. The van der Waals surface area contributed by atoms with Gasteiger partial charge in [-0.3, -0.25) is 4.79 Å². The number of aromatic nitrogens is 1. The number of esters is 1. The van der Waals surface area contributed by atoms with E-state index in [0.29, 0.717) is 24.3 Å². The number of carbonyl (C=O) groups is 2. The van der Waals surface area contributed by atoms with E-state index in [1.54, 1.807) is 24.6 Å². The van der Waals surface area contributed by atoms with E-state index in [0.717, 1.165) is 10.6 Å². The van der Waals surface area contributed by atoms with Gasteiger partial charge in [0.25, 0.3) is 5.91 Å². The monoisotopic (exact) mass is 468 g/mol. The molecule has 2 aromatic rings. The zero-order valence-electron chi connectivity index (χ0n) is 16.8. The number of carbonyl (C=O) groups excluding carboxylic acids is 2. The molecule has 0 aliphatic carbocycles. The lowest BCUT2D eigenvalue weighted by Crippen LogP contribution is -2.46. The molecule has 0 bridgehead atoms. The van der Waals surface area contributed by atoms with Crippen LogP contribution in [0.25, 0.3) is 0 Å². The number of hydrogen-bond donors (Lipinski definition) is 0. The first-order valence-corrected chi connectivity index (χ1v) is 13.4. The van der Waals surface area contributed by atoms with Crippen LogP contribution in [0.15, 0.2) is 40.1 Å². The summed E-state index contributed by atoms with van der Waals surface area (Å²) >= 11 is 3.00. The molecule has 0 saturated carbocycles. The van der Waals surface area contributed by atoms with Crippen LogP contribution in [0.4, 0.5) is 0 Å². The number of ether oxygens (including phenoxy) is 1. The van der Waals surface area contributed by atoms with Crippen molar-refractivity contribution in [1.82, 2.24) is 9.88 Å². The zero-order chi connectivity index (χ0) is 21.7. The van der Waals surface area contributed by atoms with Gasteiger partial charge >= 0.3 is 5.97 Å². The molecular formula is C20H24N2O5S3. The Kier molecular flexibility index (Phi) is 7.54. The number of rotatable bonds is 8. The van der Waals surface area contributed by atoms with E-state index in [2.05, 4.69) is 4.98 Å². The van der Waals surface area contributed by atoms with Gasteiger partial charge in [0.15, 0.2) is 15.9 Å². The third-order valence-electron chi connectivity index (χ3n) is 4.87. The van der Waals surface area contributed by atoms with Crippen LogP contribution in [0.3, 0.4) is 0 Å². The van der Waals surface area contributed by atoms with E-state index in [9.17, 15) is 18.0 Å². The summed E-state index contributed by atoms with van der Waals surface area (Å²) in [6.45, 7) is 3.68. The summed E-state index contributed by atoms with van der Waals surface area (Å²) in [6.07, 6.45) is -0.587. The highest BCUT2D eigenvalue weighted by molar-refractivity contribution is 7.98. The fourth-order valence-corrected chi connectivity index (χ4v) is 6.68. The molecule has 1 aromatic heterocycles. The lowest BCUT2D eigenvalue weighted by Gasteiger charge is -2.29. The maximum Gasteiger partial charge on any atom is 0.340 e. The summed E-state index contributed by atoms with van der Waals surface area (Å²) in [4.78, 5) is 32.1. The summed E-state index contributed by atoms with van der Waals surface area (Å²) in [5, 5.41) is 1.96. The number of thioether (sulfide) groups is 1. The molecule has 2 heterocycles. The first kappa shape index (κ1) is 22.8. The average molecular weight is 469 g/mol. The van der Waals surface area contributed by atoms with Crippen LogP contribution < -0.4 is 0 Å². The van der Waals surface area contributed by atoms with Gasteiger partial charge < -0.3 is 9.64 Å². The maximum absolute atomic E-state index is 12.8. The molecule has 1 amide bonds. The first-order valence-electron chi connectivity index (χ1n) is 9.61. The molecule has 0 unspecified atom stereocenters. The van der Waals surface area contributed by atoms with Crippen molar-refractivity contribution in [2.45, 2.75) is 43.1 Å². The Bertz CT molecular complexity index is 992. The van der Waals surface area contributed by atoms with Crippen LogP contribution in [0, 0.1) is 0 Å². The number of sulfone groups is 1. The maximum atomic E-state index is 12.8. The van der Waals surface area contributed by atoms with Crippen molar-refractivity contribution in [3.05, 3.63) is 46.4 Å². The van der Waals surface area contributed by atoms with Crippen LogP contribution in [-0.2, 0) is 25.1 Å².